The summed E-state index contributed by atoms with van der Waals surface area (Å²) in [6.07, 6.45) is 6.31. The number of nitrogens with zero attached hydrogens (tertiary/aromatic N) is 3. The van der Waals surface area contributed by atoms with Crippen molar-refractivity contribution in [1.29, 1.82) is 0 Å². The lowest BCUT2D eigenvalue weighted by Crippen LogP contribution is -2.15. The van der Waals surface area contributed by atoms with Gasteiger partial charge in [0.2, 0.25) is 0 Å². The minimum atomic E-state index is 0.404. The molecular weight excluding hydrogens is 278 g/mol. The summed E-state index contributed by atoms with van der Waals surface area (Å²) in [6.45, 7) is 5.24. The van der Waals surface area contributed by atoms with Gasteiger partial charge in [0.15, 0.2) is 0 Å². The molecule has 1 aliphatic heterocycles. The molecule has 0 bridgehead atoms. The van der Waals surface area contributed by atoms with Crippen LogP contribution < -0.4 is 10.6 Å². The number of pyridine rings is 1. The molecule has 2 aromatic heterocycles. The van der Waals surface area contributed by atoms with Crippen molar-refractivity contribution in [3.8, 4) is 0 Å². The van der Waals surface area contributed by atoms with E-state index in [4.69, 9.17) is 4.74 Å². The normalized spacial score (nSPS) is 17.4. The van der Waals surface area contributed by atoms with Crippen molar-refractivity contribution in [2.45, 2.75) is 19.3 Å². The molecule has 0 aromatic carbocycles. The first-order chi connectivity index (χ1) is 10.8. The molecule has 2 aromatic rings. The summed E-state index contributed by atoms with van der Waals surface area (Å²) in [5.74, 6) is 1.27. The Kier molecular flexibility index (Phi) is 4.80. The highest BCUT2D eigenvalue weighted by Gasteiger charge is 2.19. The highest BCUT2D eigenvalue weighted by atomic mass is 16.5. The van der Waals surface area contributed by atoms with Gasteiger partial charge < -0.3 is 15.4 Å². The van der Waals surface area contributed by atoms with E-state index >= 15 is 0 Å². The first-order valence-electron chi connectivity index (χ1n) is 7.61. The van der Waals surface area contributed by atoms with Crippen LogP contribution in [0, 0.1) is 6.92 Å². The maximum atomic E-state index is 5.41. The van der Waals surface area contributed by atoms with Gasteiger partial charge >= 0.3 is 0 Å². The fraction of sp³-hybridized carbons (Fsp3) is 0.438. The van der Waals surface area contributed by atoms with Gasteiger partial charge in [-0.1, -0.05) is 0 Å². The SMILES string of the molecule is Cc1cnccc1NCCNc1cc([C@H]2CCOC2)ncn1. The lowest BCUT2D eigenvalue weighted by Gasteiger charge is -2.11. The number of aromatic nitrogens is 3. The number of anilines is 2. The lowest BCUT2D eigenvalue weighted by atomic mass is 10.1. The largest absolute Gasteiger partial charge is 0.383 e. The number of aryl methyl sites for hydroxylation is 1. The van der Waals surface area contributed by atoms with Crippen molar-refractivity contribution < 1.29 is 4.74 Å². The van der Waals surface area contributed by atoms with E-state index in [1.54, 1.807) is 12.5 Å². The zero-order valence-electron chi connectivity index (χ0n) is 12.7. The van der Waals surface area contributed by atoms with E-state index in [1.807, 2.05) is 25.3 Å². The molecule has 6 heteroatoms. The molecule has 2 N–H and O–H groups in total. The average Bonchev–Trinajstić information content (AvgIpc) is 3.08. The number of hydrogen-bond donors (Lipinski definition) is 2. The maximum absolute atomic E-state index is 5.41. The van der Waals surface area contributed by atoms with Crippen molar-refractivity contribution in [1.82, 2.24) is 15.0 Å². The molecule has 0 spiro atoms. The average molecular weight is 299 g/mol. The molecule has 6 nitrogen and oxygen atoms in total. The van der Waals surface area contributed by atoms with Crippen LogP contribution in [-0.4, -0.2) is 41.3 Å². The van der Waals surface area contributed by atoms with Crippen LogP contribution in [0.25, 0.3) is 0 Å². The van der Waals surface area contributed by atoms with Crippen LogP contribution in [0.15, 0.2) is 30.9 Å². The van der Waals surface area contributed by atoms with Crippen LogP contribution in [0.2, 0.25) is 0 Å². The van der Waals surface area contributed by atoms with Gasteiger partial charge in [0.25, 0.3) is 0 Å². The fourth-order valence-corrected chi connectivity index (χ4v) is 2.52. The first kappa shape index (κ1) is 14.7. The molecular formula is C16H21N5O. The molecule has 0 aliphatic carbocycles. The van der Waals surface area contributed by atoms with Crippen molar-refractivity contribution >= 4 is 11.5 Å². The zero-order valence-corrected chi connectivity index (χ0v) is 12.7. The molecule has 3 heterocycles. The first-order valence-corrected chi connectivity index (χ1v) is 7.61. The third kappa shape index (κ3) is 3.71. The number of ether oxygens (including phenoxy) is 1. The van der Waals surface area contributed by atoms with Gasteiger partial charge in [-0.3, -0.25) is 4.98 Å². The standard InChI is InChI=1S/C16H21N5O/c1-12-9-17-4-2-14(12)18-5-6-19-16-8-15(20-11-21-16)13-3-7-22-10-13/h2,4,8-9,11,13H,3,5-7,10H2,1H3,(H,17,18)(H,19,20,21)/t13-/m0/s1. The van der Waals surface area contributed by atoms with Gasteiger partial charge in [0.1, 0.15) is 12.1 Å². The zero-order chi connectivity index (χ0) is 15.2. The quantitative estimate of drug-likeness (QED) is 0.797. The molecule has 1 aliphatic rings. The summed E-state index contributed by atoms with van der Waals surface area (Å²) >= 11 is 0. The Balaban J connectivity index is 1.49. The van der Waals surface area contributed by atoms with Crippen molar-refractivity contribution in [2.75, 3.05) is 36.9 Å². The van der Waals surface area contributed by atoms with E-state index in [2.05, 4.69) is 25.6 Å². The molecule has 0 amide bonds. The van der Waals surface area contributed by atoms with Crippen LogP contribution in [0.3, 0.4) is 0 Å². The maximum Gasteiger partial charge on any atom is 0.129 e. The van der Waals surface area contributed by atoms with Gasteiger partial charge in [0.05, 0.1) is 12.3 Å². The van der Waals surface area contributed by atoms with Gasteiger partial charge in [-0.15, -0.1) is 0 Å². The van der Waals surface area contributed by atoms with E-state index in [0.717, 1.165) is 55.5 Å². The predicted molar refractivity (Wildman–Crippen MR) is 86.2 cm³/mol. The molecule has 1 saturated heterocycles. The lowest BCUT2D eigenvalue weighted by molar-refractivity contribution is 0.193. The number of rotatable bonds is 6. The summed E-state index contributed by atoms with van der Waals surface area (Å²) in [6, 6.07) is 4.01. The van der Waals surface area contributed by atoms with E-state index in [1.165, 1.54) is 0 Å². The van der Waals surface area contributed by atoms with Crippen molar-refractivity contribution in [3.05, 3.63) is 42.1 Å². The van der Waals surface area contributed by atoms with Gasteiger partial charge in [-0.25, -0.2) is 9.97 Å². The molecule has 0 saturated carbocycles. The Morgan fingerprint density at radius 2 is 2.18 bits per heavy atom. The smallest absolute Gasteiger partial charge is 0.129 e. The predicted octanol–water partition coefficient (Wildman–Crippen LogP) is 2.21. The monoisotopic (exact) mass is 299 g/mol. The number of nitrogens with one attached hydrogen (secondary N) is 2. The molecule has 22 heavy (non-hydrogen) atoms. The highest BCUT2D eigenvalue weighted by molar-refractivity contribution is 5.48. The van der Waals surface area contributed by atoms with Crippen LogP contribution in [-0.2, 0) is 4.74 Å². The summed E-state index contributed by atoms with van der Waals surface area (Å²) in [7, 11) is 0. The van der Waals surface area contributed by atoms with E-state index < -0.39 is 0 Å². The van der Waals surface area contributed by atoms with Gasteiger partial charge in [0, 0.05) is 49.8 Å². The van der Waals surface area contributed by atoms with Gasteiger partial charge in [-0.2, -0.15) is 0 Å². The summed E-state index contributed by atoms with van der Waals surface area (Å²) < 4.78 is 5.41. The Hall–Kier alpha value is -2.21. The van der Waals surface area contributed by atoms with Crippen LogP contribution in [0.1, 0.15) is 23.6 Å². The molecule has 116 valence electrons. The molecule has 1 fully saturated rings. The van der Waals surface area contributed by atoms with E-state index in [-0.39, 0.29) is 0 Å². The van der Waals surface area contributed by atoms with Crippen LogP contribution >= 0.6 is 0 Å². The van der Waals surface area contributed by atoms with Crippen LogP contribution in [0.4, 0.5) is 11.5 Å². The second-order valence-corrected chi connectivity index (χ2v) is 5.43. The molecule has 0 radical (unpaired) electrons. The Bertz CT molecular complexity index is 613. The van der Waals surface area contributed by atoms with Crippen molar-refractivity contribution in [3.63, 3.8) is 0 Å². The summed E-state index contributed by atoms with van der Waals surface area (Å²) in [5.41, 5.74) is 3.32. The van der Waals surface area contributed by atoms with E-state index in [0.29, 0.717) is 5.92 Å². The third-order valence-electron chi connectivity index (χ3n) is 3.80. The minimum Gasteiger partial charge on any atom is -0.383 e. The second-order valence-electron chi connectivity index (χ2n) is 5.43. The molecule has 3 rings (SSSR count). The minimum absolute atomic E-state index is 0.404. The Labute approximate surface area is 130 Å². The van der Waals surface area contributed by atoms with E-state index in [9.17, 15) is 0 Å². The molecule has 1 atom stereocenters. The topological polar surface area (TPSA) is 72.0 Å². The Morgan fingerprint density at radius 1 is 1.27 bits per heavy atom. The third-order valence-corrected chi connectivity index (χ3v) is 3.80. The fourth-order valence-electron chi connectivity index (χ4n) is 2.52. The summed E-state index contributed by atoms with van der Waals surface area (Å²) in [5, 5.41) is 6.72. The second kappa shape index (κ2) is 7.17. The molecule has 0 unspecified atom stereocenters. The Morgan fingerprint density at radius 3 is 3.00 bits per heavy atom. The van der Waals surface area contributed by atoms with Crippen molar-refractivity contribution in [2.24, 2.45) is 0 Å². The highest BCUT2D eigenvalue weighted by Crippen LogP contribution is 2.24. The summed E-state index contributed by atoms with van der Waals surface area (Å²) in [4.78, 5) is 12.7. The number of hydrogen-bond acceptors (Lipinski definition) is 6. The van der Waals surface area contributed by atoms with Crippen LogP contribution in [0.5, 0.6) is 0 Å². The van der Waals surface area contributed by atoms with Gasteiger partial charge in [-0.05, 0) is 25.0 Å².